The summed E-state index contributed by atoms with van der Waals surface area (Å²) in [4.78, 5) is 21.7. The number of rotatable bonds is 3. The number of aromatic hydroxyl groups is 1. The molecule has 1 fully saturated rings. The SMILES string of the molecule is O=C1N=C(N2CCN(Cc3ccccc3)CC2)SC1=Cc1cccc(O)c1. The number of phenolic OH excluding ortho intramolecular Hbond substituents is 1. The van der Waals surface area contributed by atoms with Crippen LogP contribution in [-0.4, -0.2) is 52.2 Å². The minimum Gasteiger partial charge on any atom is -0.508 e. The number of phenols is 1. The maximum atomic E-state index is 12.2. The van der Waals surface area contributed by atoms with Crippen molar-refractivity contribution >= 4 is 28.9 Å². The summed E-state index contributed by atoms with van der Waals surface area (Å²) in [6, 6.07) is 17.4. The van der Waals surface area contributed by atoms with Gasteiger partial charge in [-0.3, -0.25) is 9.69 Å². The lowest BCUT2D eigenvalue weighted by Crippen LogP contribution is -2.47. The monoisotopic (exact) mass is 379 g/mol. The molecule has 5 nitrogen and oxygen atoms in total. The van der Waals surface area contributed by atoms with E-state index in [0.717, 1.165) is 43.5 Å². The van der Waals surface area contributed by atoms with E-state index in [0.29, 0.717) is 4.91 Å². The average molecular weight is 379 g/mol. The predicted octanol–water partition coefficient (Wildman–Crippen LogP) is 3.18. The standard InChI is InChI=1S/C21H21N3O2S/c25-18-8-4-7-17(13-18)14-19-20(26)22-21(27-19)24-11-9-23(10-12-24)15-16-5-2-1-3-6-16/h1-8,13-14,25H,9-12,15H2. The normalized spacial score (nSPS) is 19.6. The van der Waals surface area contributed by atoms with E-state index in [2.05, 4.69) is 39.1 Å². The van der Waals surface area contributed by atoms with Crippen LogP contribution in [0.5, 0.6) is 5.75 Å². The molecule has 1 amide bonds. The summed E-state index contributed by atoms with van der Waals surface area (Å²) in [5.41, 5.74) is 2.13. The summed E-state index contributed by atoms with van der Waals surface area (Å²) in [6.07, 6.45) is 1.79. The molecule has 0 saturated carbocycles. The first-order chi connectivity index (χ1) is 13.2. The maximum absolute atomic E-state index is 12.2. The van der Waals surface area contributed by atoms with Crippen LogP contribution in [0.1, 0.15) is 11.1 Å². The number of benzene rings is 2. The zero-order valence-corrected chi connectivity index (χ0v) is 15.7. The van der Waals surface area contributed by atoms with E-state index in [4.69, 9.17) is 0 Å². The van der Waals surface area contributed by atoms with Crippen LogP contribution < -0.4 is 0 Å². The summed E-state index contributed by atoms with van der Waals surface area (Å²) >= 11 is 1.42. The highest BCUT2D eigenvalue weighted by Crippen LogP contribution is 2.31. The Bertz CT molecular complexity index is 887. The van der Waals surface area contributed by atoms with Crippen molar-refractivity contribution in [3.8, 4) is 5.75 Å². The molecule has 1 N–H and O–H groups in total. The highest BCUT2D eigenvalue weighted by molar-refractivity contribution is 8.18. The zero-order valence-electron chi connectivity index (χ0n) is 14.9. The van der Waals surface area contributed by atoms with E-state index in [1.54, 1.807) is 24.3 Å². The smallest absolute Gasteiger partial charge is 0.286 e. The van der Waals surface area contributed by atoms with E-state index in [-0.39, 0.29) is 11.7 Å². The largest absolute Gasteiger partial charge is 0.508 e. The van der Waals surface area contributed by atoms with E-state index < -0.39 is 0 Å². The van der Waals surface area contributed by atoms with Crippen LogP contribution >= 0.6 is 11.8 Å². The van der Waals surface area contributed by atoms with Gasteiger partial charge in [-0.25, -0.2) is 0 Å². The van der Waals surface area contributed by atoms with Gasteiger partial charge in [-0.1, -0.05) is 42.5 Å². The van der Waals surface area contributed by atoms with E-state index in [1.807, 2.05) is 12.1 Å². The van der Waals surface area contributed by atoms with Crippen LogP contribution in [0.4, 0.5) is 0 Å². The van der Waals surface area contributed by atoms with Crippen molar-refractivity contribution in [3.05, 3.63) is 70.6 Å². The molecule has 4 rings (SSSR count). The molecule has 0 unspecified atom stereocenters. The van der Waals surface area contributed by atoms with Crippen LogP contribution in [0.2, 0.25) is 0 Å². The third-order valence-corrected chi connectivity index (χ3v) is 5.71. The van der Waals surface area contributed by atoms with Gasteiger partial charge in [0.05, 0.1) is 4.91 Å². The molecular weight excluding hydrogens is 358 g/mol. The third-order valence-electron chi connectivity index (χ3n) is 4.67. The minimum atomic E-state index is -0.204. The topological polar surface area (TPSA) is 56.1 Å². The zero-order chi connectivity index (χ0) is 18.6. The molecule has 0 radical (unpaired) electrons. The predicted molar refractivity (Wildman–Crippen MR) is 109 cm³/mol. The Balaban J connectivity index is 1.35. The number of amidine groups is 1. The van der Waals surface area contributed by atoms with Crippen LogP contribution in [0, 0.1) is 0 Å². The van der Waals surface area contributed by atoms with Gasteiger partial charge in [0.25, 0.3) is 5.91 Å². The van der Waals surface area contributed by atoms with E-state index in [9.17, 15) is 9.90 Å². The van der Waals surface area contributed by atoms with E-state index in [1.165, 1.54) is 17.3 Å². The Labute approximate surface area is 163 Å². The van der Waals surface area contributed by atoms with Gasteiger partial charge < -0.3 is 10.0 Å². The highest BCUT2D eigenvalue weighted by atomic mass is 32.2. The molecule has 0 aliphatic carbocycles. The molecule has 27 heavy (non-hydrogen) atoms. The number of aliphatic imine (C=N–C) groups is 1. The second-order valence-electron chi connectivity index (χ2n) is 6.65. The minimum absolute atomic E-state index is 0.190. The first-order valence-corrected chi connectivity index (χ1v) is 9.82. The molecule has 2 aromatic carbocycles. The van der Waals surface area contributed by atoms with Gasteiger partial charge in [0.15, 0.2) is 5.17 Å². The van der Waals surface area contributed by atoms with Gasteiger partial charge >= 0.3 is 0 Å². The Morgan fingerprint density at radius 1 is 1.04 bits per heavy atom. The fraction of sp³-hybridized carbons (Fsp3) is 0.238. The molecule has 2 aliphatic heterocycles. The van der Waals surface area contributed by atoms with Gasteiger partial charge in [-0.15, -0.1) is 0 Å². The summed E-state index contributed by atoms with van der Waals surface area (Å²) in [5.74, 6) is -0.0134. The molecule has 2 aromatic rings. The summed E-state index contributed by atoms with van der Waals surface area (Å²) < 4.78 is 0. The van der Waals surface area contributed by atoms with Crippen molar-refractivity contribution in [3.63, 3.8) is 0 Å². The quantitative estimate of drug-likeness (QED) is 0.830. The molecule has 1 saturated heterocycles. The van der Waals surface area contributed by atoms with Gasteiger partial charge in [-0.2, -0.15) is 4.99 Å². The molecule has 0 spiro atoms. The lowest BCUT2D eigenvalue weighted by atomic mass is 10.2. The maximum Gasteiger partial charge on any atom is 0.286 e. The molecule has 0 aromatic heterocycles. The van der Waals surface area contributed by atoms with Crippen molar-refractivity contribution in [1.29, 1.82) is 0 Å². The Morgan fingerprint density at radius 3 is 2.56 bits per heavy atom. The summed E-state index contributed by atoms with van der Waals surface area (Å²) in [7, 11) is 0. The number of carbonyl (C=O) groups is 1. The molecule has 2 heterocycles. The molecule has 2 aliphatic rings. The second kappa shape index (κ2) is 7.98. The van der Waals surface area contributed by atoms with Gasteiger partial charge in [-0.05, 0) is 41.1 Å². The number of thioether (sulfide) groups is 1. The lowest BCUT2D eigenvalue weighted by molar-refractivity contribution is -0.113. The van der Waals surface area contributed by atoms with Crippen LogP contribution in [-0.2, 0) is 11.3 Å². The number of amides is 1. The number of hydrogen-bond acceptors (Lipinski definition) is 5. The van der Waals surface area contributed by atoms with Crippen molar-refractivity contribution in [2.75, 3.05) is 26.2 Å². The van der Waals surface area contributed by atoms with Crippen LogP contribution in [0.3, 0.4) is 0 Å². The number of hydrogen-bond donors (Lipinski definition) is 1. The first-order valence-electron chi connectivity index (χ1n) is 9.00. The summed E-state index contributed by atoms with van der Waals surface area (Å²) in [5, 5.41) is 10.4. The fourth-order valence-electron chi connectivity index (χ4n) is 3.24. The Morgan fingerprint density at radius 2 is 1.81 bits per heavy atom. The molecule has 6 heteroatoms. The van der Waals surface area contributed by atoms with Crippen LogP contribution in [0.15, 0.2) is 64.5 Å². The Hall–Kier alpha value is -2.57. The lowest BCUT2D eigenvalue weighted by Gasteiger charge is -2.35. The van der Waals surface area contributed by atoms with Gasteiger partial charge in [0, 0.05) is 32.7 Å². The van der Waals surface area contributed by atoms with Crippen molar-refractivity contribution in [2.24, 2.45) is 4.99 Å². The molecule has 0 bridgehead atoms. The average Bonchev–Trinajstić information content (AvgIpc) is 3.04. The van der Waals surface area contributed by atoms with Gasteiger partial charge in [0.2, 0.25) is 0 Å². The van der Waals surface area contributed by atoms with E-state index >= 15 is 0 Å². The fourth-order valence-corrected chi connectivity index (χ4v) is 4.20. The molecule has 0 atom stereocenters. The number of carbonyl (C=O) groups excluding carboxylic acids is 1. The Kier molecular flexibility index (Phi) is 5.27. The number of nitrogens with zero attached hydrogens (tertiary/aromatic N) is 3. The first kappa shape index (κ1) is 17.8. The van der Waals surface area contributed by atoms with Crippen molar-refractivity contribution in [1.82, 2.24) is 9.80 Å². The third kappa shape index (κ3) is 4.40. The summed E-state index contributed by atoms with van der Waals surface area (Å²) in [6.45, 7) is 4.59. The molecule has 138 valence electrons. The van der Waals surface area contributed by atoms with Crippen molar-refractivity contribution < 1.29 is 9.90 Å². The second-order valence-corrected chi connectivity index (χ2v) is 7.66. The molecular formula is C21H21N3O2S. The van der Waals surface area contributed by atoms with Gasteiger partial charge in [0.1, 0.15) is 5.75 Å². The van der Waals surface area contributed by atoms with Crippen molar-refractivity contribution in [2.45, 2.75) is 6.54 Å². The van der Waals surface area contributed by atoms with Crippen LogP contribution in [0.25, 0.3) is 6.08 Å². The highest BCUT2D eigenvalue weighted by Gasteiger charge is 2.28. The number of piperazine rings is 1.